The second-order valence-electron chi connectivity index (χ2n) is 6.97. The average Bonchev–Trinajstić information content (AvgIpc) is 2.71. The van der Waals surface area contributed by atoms with Crippen molar-refractivity contribution in [3.8, 4) is 11.5 Å². The van der Waals surface area contributed by atoms with Gasteiger partial charge in [-0.15, -0.1) is 0 Å². The molecule has 0 aliphatic carbocycles. The van der Waals surface area contributed by atoms with Gasteiger partial charge in [0.25, 0.3) is 0 Å². The molecule has 30 heavy (non-hydrogen) atoms. The molecule has 5 heteroatoms. The molecule has 5 nitrogen and oxygen atoms in total. The first kappa shape index (κ1) is 22.8. The van der Waals surface area contributed by atoms with Gasteiger partial charge in [-0.05, 0) is 49.3 Å². The van der Waals surface area contributed by atoms with Gasteiger partial charge in [-0.25, -0.2) is 0 Å². The van der Waals surface area contributed by atoms with Crippen LogP contribution in [0.15, 0.2) is 48.6 Å². The van der Waals surface area contributed by atoms with Crippen LogP contribution in [0.4, 0.5) is 0 Å². The number of ketones is 3. The van der Waals surface area contributed by atoms with Crippen LogP contribution in [-0.2, 0) is 27.2 Å². The van der Waals surface area contributed by atoms with E-state index < -0.39 is 0 Å². The summed E-state index contributed by atoms with van der Waals surface area (Å²) in [6.45, 7) is 3.06. The molecule has 0 radical (unpaired) electrons. The average molecular weight is 406 g/mol. The van der Waals surface area contributed by atoms with Crippen LogP contribution in [0.5, 0.6) is 11.5 Å². The van der Waals surface area contributed by atoms with Crippen molar-refractivity contribution in [3.05, 3.63) is 70.8 Å². The van der Waals surface area contributed by atoms with Crippen molar-refractivity contribution in [3.63, 3.8) is 0 Å². The van der Waals surface area contributed by atoms with Gasteiger partial charge in [0, 0.05) is 24.0 Å². The lowest BCUT2D eigenvalue weighted by molar-refractivity contribution is -0.117. The molecule has 0 unspecified atom stereocenters. The fourth-order valence-electron chi connectivity index (χ4n) is 2.97. The van der Waals surface area contributed by atoms with Gasteiger partial charge in [0.1, 0.15) is 23.1 Å². The van der Waals surface area contributed by atoms with E-state index in [2.05, 4.69) is 0 Å². The van der Waals surface area contributed by atoms with Crippen molar-refractivity contribution in [2.24, 2.45) is 0 Å². The van der Waals surface area contributed by atoms with Crippen molar-refractivity contribution >= 4 is 29.5 Å². The summed E-state index contributed by atoms with van der Waals surface area (Å²) in [5.41, 5.74) is 3.23. The minimum Gasteiger partial charge on any atom is -0.496 e. The third-order valence-corrected chi connectivity index (χ3v) is 4.38. The summed E-state index contributed by atoms with van der Waals surface area (Å²) < 4.78 is 10.7. The normalized spacial score (nSPS) is 11.1. The van der Waals surface area contributed by atoms with Gasteiger partial charge < -0.3 is 9.47 Å². The second kappa shape index (κ2) is 10.9. The topological polar surface area (TPSA) is 69.7 Å². The largest absolute Gasteiger partial charge is 0.496 e. The number of rotatable bonds is 10. The third kappa shape index (κ3) is 6.85. The predicted molar refractivity (Wildman–Crippen MR) is 118 cm³/mol. The van der Waals surface area contributed by atoms with Crippen molar-refractivity contribution in [1.29, 1.82) is 0 Å². The fourth-order valence-corrected chi connectivity index (χ4v) is 2.97. The molecule has 0 aromatic heterocycles. The van der Waals surface area contributed by atoms with E-state index in [1.54, 1.807) is 38.5 Å². The Hall–Kier alpha value is -3.47. The molecular weight excluding hydrogens is 380 g/mol. The molecule has 0 aliphatic heterocycles. The van der Waals surface area contributed by atoms with Crippen LogP contribution in [0.3, 0.4) is 0 Å². The molecule has 0 amide bonds. The summed E-state index contributed by atoms with van der Waals surface area (Å²) in [6, 6.07) is 10.9. The number of carbonyl (C=O) groups is 3. The Morgan fingerprint density at radius 2 is 1.13 bits per heavy atom. The Balaban J connectivity index is 2.09. The number of hydrogen-bond donors (Lipinski definition) is 0. The van der Waals surface area contributed by atoms with E-state index in [-0.39, 0.29) is 17.3 Å². The summed E-state index contributed by atoms with van der Waals surface area (Å²) >= 11 is 0. The van der Waals surface area contributed by atoms with Gasteiger partial charge in [-0.3, -0.25) is 14.4 Å². The highest BCUT2D eigenvalue weighted by Gasteiger charge is 2.07. The molecule has 0 saturated carbocycles. The highest BCUT2D eigenvalue weighted by Crippen LogP contribution is 2.23. The van der Waals surface area contributed by atoms with E-state index in [0.29, 0.717) is 24.3 Å². The van der Waals surface area contributed by atoms with Crippen LogP contribution in [-0.4, -0.2) is 31.6 Å². The first-order chi connectivity index (χ1) is 14.3. The van der Waals surface area contributed by atoms with E-state index in [4.69, 9.17) is 9.47 Å². The minimum atomic E-state index is -0.173. The minimum absolute atomic E-state index is 0.0582. The maximum absolute atomic E-state index is 12.2. The van der Waals surface area contributed by atoms with Gasteiger partial charge in [0.05, 0.1) is 14.2 Å². The molecule has 156 valence electrons. The molecule has 0 aliphatic rings. The van der Waals surface area contributed by atoms with Crippen LogP contribution in [0.25, 0.3) is 12.2 Å². The lowest BCUT2D eigenvalue weighted by atomic mass is 10.0. The molecule has 0 bridgehead atoms. The van der Waals surface area contributed by atoms with Crippen molar-refractivity contribution < 1.29 is 23.9 Å². The predicted octanol–water partition coefficient (Wildman–Crippen LogP) is 4.26. The Morgan fingerprint density at radius 1 is 0.733 bits per heavy atom. The number of carbonyl (C=O) groups excluding carboxylic acids is 3. The summed E-state index contributed by atoms with van der Waals surface area (Å²) in [6.07, 6.45) is 6.95. The van der Waals surface area contributed by atoms with E-state index in [9.17, 15) is 14.4 Å². The van der Waals surface area contributed by atoms with Crippen molar-refractivity contribution in [2.45, 2.75) is 26.7 Å². The Morgan fingerprint density at radius 3 is 1.47 bits per heavy atom. The Labute approximate surface area is 177 Å². The smallest absolute Gasteiger partial charge is 0.178 e. The van der Waals surface area contributed by atoms with E-state index >= 15 is 0 Å². The Kier molecular flexibility index (Phi) is 8.29. The Bertz CT molecular complexity index is 919. The van der Waals surface area contributed by atoms with Crippen LogP contribution in [0.1, 0.15) is 36.1 Å². The molecule has 2 aromatic carbocycles. The van der Waals surface area contributed by atoms with Gasteiger partial charge in [-0.1, -0.05) is 36.4 Å². The summed E-state index contributed by atoms with van der Waals surface area (Å²) in [5.74, 6) is 1.18. The number of benzene rings is 2. The number of methoxy groups -OCH3 is 2. The quantitative estimate of drug-likeness (QED) is 0.552. The molecule has 0 saturated heterocycles. The zero-order valence-electron chi connectivity index (χ0n) is 17.7. The number of allylic oxidation sites excluding steroid dienone is 2. The van der Waals surface area contributed by atoms with E-state index in [1.807, 2.05) is 24.3 Å². The molecule has 0 spiro atoms. The molecule has 2 rings (SSSR count). The maximum atomic E-state index is 12.2. The van der Waals surface area contributed by atoms with Crippen molar-refractivity contribution in [2.75, 3.05) is 14.2 Å². The molecule has 0 heterocycles. The fraction of sp³-hybridized carbons (Fsp3) is 0.240. The monoisotopic (exact) mass is 406 g/mol. The third-order valence-electron chi connectivity index (χ3n) is 4.38. The highest BCUT2D eigenvalue weighted by atomic mass is 16.5. The summed E-state index contributed by atoms with van der Waals surface area (Å²) in [7, 11) is 3.10. The second-order valence-corrected chi connectivity index (χ2v) is 6.97. The number of hydrogen-bond acceptors (Lipinski definition) is 5. The molecule has 0 N–H and O–H groups in total. The summed E-state index contributed by atoms with van der Waals surface area (Å²) in [4.78, 5) is 34.9. The van der Waals surface area contributed by atoms with Gasteiger partial charge in [0.2, 0.25) is 0 Å². The number of Topliss-reactive ketones (excluding diaryl/α,β-unsaturated/α-hetero) is 2. The van der Waals surface area contributed by atoms with Gasteiger partial charge in [-0.2, -0.15) is 0 Å². The van der Waals surface area contributed by atoms with Crippen LogP contribution in [0.2, 0.25) is 0 Å². The van der Waals surface area contributed by atoms with E-state index in [0.717, 1.165) is 22.3 Å². The van der Waals surface area contributed by atoms with E-state index in [1.165, 1.54) is 26.0 Å². The summed E-state index contributed by atoms with van der Waals surface area (Å²) in [5, 5.41) is 0. The van der Waals surface area contributed by atoms with Crippen LogP contribution < -0.4 is 9.47 Å². The van der Waals surface area contributed by atoms with Crippen LogP contribution >= 0.6 is 0 Å². The molecule has 2 aromatic rings. The van der Waals surface area contributed by atoms with Crippen LogP contribution in [0, 0.1) is 0 Å². The number of ether oxygens (including phenoxy) is 2. The molecule has 0 atom stereocenters. The van der Waals surface area contributed by atoms with Crippen molar-refractivity contribution in [1.82, 2.24) is 0 Å². The SMILES string of the molecule is COc1cc(/C=C/C(=O)/C=C/c2ccc(CC(C)=O)c(OC)c2)ccc1CC(C)=O. The first-order valence-corrected chi connectivity index (χ1v) is 9.55. The maximum Gasteiger partial charge on any atom is 0.178 e. The highest BCUT2D eigenvalue weighted by molar-refractivity contribution is 6.04. The lowest BCUT2D eigenvalue weighted by Gasteiger charge is -2.08. The molecule has 0 fully saturated rings. The zero-order chi connectivity index (χ0) is 22.1. The lowest BCUT2D eigenvalue weighted by Crippen LogP contribution is -1.99. The standard InChI is InChI=1S/C25H26O5/c1-17(26)13-21-9-5-19(15-24(21)29-3)7-11-23(28)12-8-20-6-10-22(14-18(2)27)25(16-20)30-4/h5-12,15-16H,13-14H2,1-4H3/b11-7+,12-8+. The molecular formula is C25H26O5. The first-order valence-electron chi connectivity index (χ1n) is 9.55. The van der Waals surface area contributed by atoms with Gasteiger partial charge in [0.15, 0.2) is 5.78 Å². The van der Waals surface area contributed by atoms with Gasteiger partial charge >= 0.3 is 0 Å². The zero-order valence-corrected chi connectivity index (χ0v) is 17.7.